The molecule has 0 spiro atoms. The van der Waals surface area contributed by atoms with Gasteiger partial charge in [-0.3, -0.25) is 0 Å². The third-order valence-electron chi connectivity index (χ3n) is 7.33. The highest BCUT2D eigenvalue weighted by Crippen LogP contribution is 2.40. The van der Waals surface area contributed by atoms with Crippen molar-refractivity contribution in [2.45, 2.75) is 116 Å². The highest BCUT2D eigenvalue weighted by atomic mass is 28.4. The Balaban J connectivity index is 3.10. The van der Waals surface area contributed by atoms with E-state index in [0.29, 0.717) is 0 Å². The quantitative estimate of drug-likeness (QED) is 0.247. The first-order valence-corrected chi connectivity index (χ1v) is 18.1. The number of benzene rings is 1. The van der Waals surface area contributed by atoms with Crippen LogP contribution in [-0.4, -0.2) is 40.6 Å². The number of hydrogen-bond donors (Lipinski definition) is 1. The predicted molar refractivity (Wildman–Crippen MR) is 144 cm³/mol. The van der Waals surface area contributed by atoms with Gasteiger partial charge in [-0.05, 0) is 67.5 Å². The van der Waals surface area contributed by atoms with Gasteiger partial charge in [0.2, 0.25) is 0 Å². The molecule has 0 aromatic heterocycles. The molecule has 1 aromatic carbocycles. The molecule has 32 heavy (non-hydrogen) atoms. The van der Waals surface area contributed by atoms with Crippen LogP contribution in [0, 0.1) is 0 Å². The van der Waals surface area contributed by atoms with E-state index in [1.54, 1.807) is 0 Å². The molecule has 1 aromatic rings. The highest BCUT2D eigenvalue weighted by molar-refractivity contribution is 6.74. The summed E-state index contributed by atoms with van der Waals surface area (Å²) in [6.45, 7) is 23.2. The van der Waals surface area contributed by atoms with E-state index in [4.69, 9.17) is 8.85 Å². The number of hydrogen-bond acceptors (Lipinski definition) is 3. The van der Waals surface area contributed by atoms with Gasteiger partial charge in [-0.1, -0.05) is 84.0 Å². The Hall–Kier alpha value is -0.726. The van der Waals surface area contributed by atoms with Crippen molar-refractivity contribution in [2.24, 2.45) is 0 Å². The molecule has 0 aliphatic rings. The summed E-state index contributed by atoms with van der Waals surface area (Å²) in [5, 5.41) is 9.57. The fourth-order valence-electron chi connectivity index (χ4n) is 3.19. The summed E-state index contributed by atoms with van der Waals surface area (Å²) in [6, 6.07) is 10.7. The van der Waals surface area contributed by atoms with Gasteiger partial charge in [0, 0.05) is 6.10 Å². The summed E-state index contributed by atoms with van der Waals surface area (Å²) in [7, 11) is -3.83. The zero-order chi connectivity index (χ0) is 24.6. The van der Waals surface area contributed by atoms with E-state index in [9.17, 15) is 5.11 Å². The van der Waals surface area contributed by atoms with E-state index < -0.39 is 16.6 Å². The van der Waals surface area contributed by atoms with Crippen molar-refractivity contribution in [2.75, 3.05) is 6.61 Å². The first-order valence-electron chi connectivity index (χ1n) is 12.2. The van der Waals surface area contributed by atoms with Gasteiger partial charge in [0.15, 0.2) is 16.6 Å². The van der Waals surface area contributed by atoms with Crippen LogP contribution in [-0.2, 0) is 15.3 Å². The standard InChI is InChI=1S/C27H50O3Si2/c1-26(2,3)31(7,8)29-24(18-14-15-21-28)22-25(30-32(9,10)27(4,5)6)20-19-23-16-12-11-13-17-23/h11-17,24-25,28H,18-22H2,1-10H3/b15-14+/t24-,25-/m0/s1. The monoisotopic (exact) mass is 478 g/mol. The molecule has 0 saturated heterocycles. The van der Waals surface area contributed by atoms with Crippen molar-refractivity contribution in [1.82, 2.24) is 0 Å². The van der Waals surface area contributed by atoms with Crippen LogP contribution < -0.4 is 0 Å². The second-order valence-corrected chi connectivity index (χ2v) is 21.7. The third-order valence-corrected chi connectivity index (χ3v) is 16.4. The van der Waals surface area contributed by atoms with Crippen molar-refractivity contribution < 1.29 is 14.0 Å². The molecule has 1 N–H and O–H groups in total. The molecule has 0 heterocycles. The second kappa shape index (κ2) is 12.1. The zero-order valence-electron chi connectivity index (χ0n) is 22.5. The van der Waals surface area contributed by atoms with Gasteiger partial charge in [0.25, 0.3) is 0 Å². The Kier molecular flexibility index (Phi) is 11.1. The van der Waals surface area contributed by atoms with E-state index in [-0.39, 0.29) is 28.9 Å². The fraction of sp³-hybridized carbons (Fsp3) is 0.704. The molecule has 3 nitrogen and oxygen atoms in total. The van der Waals surface area contributed by atoms with Gasteiger partial charge < -0.3 is 14.0 Å². The van der Waals surface area contributed by atoms with Crippen molar-refractivity contribution in [1.29, 1.82) is 0 Å². The van der Waals surface area contributed by atoms with Crippen molar-refractivity contribution in [3.63, 3.8) is 0 Å². The Morgan fingerprint density at radius 2 is 1.31 bits per heavy atom. The van der Waals surface area contributed by atoms with E-state index in [1.165, 1.54) is 5.56 Å². The predicted octanol–water partition coefficient (Wildman–Crippen LogP) is 7.73. The summed E-state index contributed by atoms with van der Waals surface area (Å²) in [5.41, 5.74) is 1.36. The van der Waals surface area contributed by atoms with Gasteiger partial charge in [0.05, 0.1) is 12.7 Å². The summed E-state index contributed by atoms with van der Waals surface area (Å²) >= 11 is 0. The number of rotatable bonds is 12. The minimum absolute atomic E-state index is 0.0741. The highest BCUT2D eigenvalue weighted by Gasteiger charge is 2.41. The minimum Gasteiger partial charge on any atom is -0.414 e. The van der Waals surface area contributed by atoms with Gasteiger partial charge in [-0.2, -0.15) is 0 Å². The smallest absolute Gasteiger partial charge is 0.192 e. The summed E-state index contributed by atoms with van der Waals surface area (Å²) in [6.07, 6.45) is 7.88. The summed E-state index contributed by atoms with van der Waals surface area (Å²) < 4.78 is 13.8. The van der Waals surface area contributed by atoms with Crippen LogP contribution in [0.15, 0.2) is 42.5 Å². The van der Waals surface area contributed by atoms with Crippen LogP contribution >= 0.6 is 0 Å². The first kappa shape index (κ1) is 29.3. The van der Waals surface area contributed by atoms with E-state index in [1.807, 2.05) is 6.08 Å². The molecule has 0 amide bonds. The normalized spacial score (nSPS) is 15.8. The lowest BCUT2D eigenvalue weighted by Gasteiger charge is -2.42. The second-order valence-electron chi connectivity index (χ2n) is 12.1. The van der Waals surface area contributed by atoms with Crippen LogP contribution in [0.4, 0.5) is 0 Å². The molecule has 0 bridgehead atoms. The molecule has 184 valence electrons. The van der Waals surface area contributed by atoms with Crippen LogP contribution in [0.5, 0.6) is 0 Å². The van der Waals surface area contributed by atoms with Crippen LogP contribution in [0.1, 0.15) is 66.4 Å². The van der Waals surface area contributed by atoms with Crippen molar-refractivity contribution in [3.8, 4) is 0 Å². The van der Waals surface area contributed by atoms with Gasteiger partial charge >= 0.3 is 0 Å². The minimum atomic E-state index is -1.92. The zero-order valence-corrected chi connectivity index (χ0v) is 24.5. The lowest BCUT2D eigenvalue weighted by atomic mass is 10.0. The molecule has 5 heteroatoms. The maximum absolute atomic E-state index is 9.24. The maximum Gasteiger partial charge on any atom is 0.192 e. The molecule has 0 unspecified atom stereocenters. The topological polar surface area (TPSA) is 38.7 Å². The molecule has 0 saturated carbocycles. The van der Waals surface area contributed by atoms with Crippen LogP contribution in [0.3, 0.4) is 0 Å². The number of aryl methyl sites for hydroxylation is 1. The van der Waals surface area contributed by atoms with E-state index in [0.717, 1.165) is 25.7 Å². The first-order chi connectivity index (χ1) is 14.6. The number of aliphatic hydroxyl groups excluding tert-OH is 1. The lowest BCUT2D eigenvalue weighted by Crippen LogP contribution is -2.47. The molecule has 2 atom stereocenters. The molecule has 0 aliphatic carbocycles. The Bertz CT molecular complexity index is 685. The van der Waals surface area contributed by atoms with Crippen molar-refractivity contribution in [3.05, 3.63) is 48.0 Å². The van der Waals surface area contributed by atoms with Crippen molar-refractivity contribution >= 4 is 16.6 Å². The maximum atomic E-state index is 9.24. The van der Waals surface area contributed by atoms with E-state index >= 15 is 0 Å². The Labute approximate surface area is 200 Å². The molecular formula is C27H50O3Si2. The fourth-order valence-corrected chi connectivity index (χ4v) is 5.97. The molecule has 0 radical (unpaired) electrons. The number of aliphatic hydroxyl groups is 1. The third kappa shape index (κ3) is 9.64. The summed E-state index contributed by atoms with van der Waals surface area (Å²) in [5.74, 6) is 0. The Morgan fingerprint density at radius 3 is 1.78 bits per heavy atom. The van der Waals surface area contributed by atoms with Crippen LogP contribution in [0.25, 0.3) is 0 Å². The lowest BCUT2D eigenvalue weighted by molar-refractivity contribution is 0.0885. The SMILES string of the molecule is CC(C)(C)[Si](C)(C)O[C@@H](C/C=C/CO)C[C@H](CCc1ccccc1)O[Si](C)(C)C(C)(C)C. The molecule has 0 fully saturated rings. The molecule has 1 rings (SSSR count). The average Bonchev–Trinajstić information content (AvgIpc) is 2.64. The van der Waals surface area contributed by atoms with Gasteiger partial charge in [0.1, 0.15) is 0 Å². The van der Waals surface area contributed by atoms with Gasteiger partial charge in [-0.15, -0.1) is 0 Å². The van der Waals surface area contributed by atoms with Crippen LogP contribution in [0.2, 0.25) is 36.3 Å². The summed E-state index contributed by atoms with van der Waals surface area (Å²) in [4.78, 5) is 0. The van der Waals surface area contributed by atoms with Gasteiger partial charge in [-0.25, -0.2) is 0 Å². The van der Waals surface area contributed by atoms with E-state index in [2.05, 4.69) is 104 Å². The molecule has 0 aliphatic heterocycles. The Morgan fingerprint density at radius 1 is 0.812 bits per heavy atom. The average molecular weight is 479 g/mol. The molecular weight excluding hydrogens is 428 g/mol. The largest absolute Gasteiger partial charge is 0.414 e.